The van der Waals surface area contributed by atoms with Gasteiger partial charge in [0.15, 0.2) is 11.6 Å². The minimum absolute atomic E-state index is 0.218. The quantitative estimate of drug-likeness (QED) is 0.357. The summed E-state index contributed by atoms with van der Waals surface area (Å²) in [7, 11) is 0. The maximum absolute atomic E-state index is 12.6. The zero-order chi connectivity index (χ0) is 23.4. The molecular formula is C27H29N3O3. The summed E-state index contributed by atoms with van der Waals surface area (Å²) in [5, 5.41) is 7.22. The SMILES string of the molecule is Cc1ccc(Cn2ccc(NC(=O)c3ccc(COc4cc(C)ccc4C(C)C)o3)n2)cc1. The van der Waals surface area contributed by atoms with E-state index in [0.717, 1.165) is 22.4 Å². The Labute approximate surface area is 194 Å². The number of furan rings is 1. The minimum atomic E-state index is -0.347. The second kappa shape index (κ2) is 9.77. The van der Waals surface area contributed by atoms with E-state index in [1.807, 2.05) is 19.2 Å². The van der Waals surface area contributed by atoms with Gasteiger partial charge in [-0.3, -0.25) is 9.48 Å². The fraction of sp³-hybridized carbons (Fsp3) is 0.259. The number of ether oxygens (including phenoxy) is 1. The van der Waals surface area contributed by atoms with E-state index in [-0.39, 0.29) is 18.3 Å². The maximum atomic E-state index is 12.6. The first-order valence-electron chi connectivity index (χ1n) is 11.1. The number of nitrogens with zero attached hydrogens (tertiary/aromatic N) is 2. The molecule has 0 saturated carbocycles. The van der Waals surface area contributed by atoms with E-state index in [1.54, 1.807) is 22.9 Å². The summed E-state index contributed by atoms with van der Waals surface area (Å²) >= 11 is 0. The summed E-state index contributed by atoms with van der Waals surface area (Å²) in [4.78, 5) is 12.6. The van der Waals surface area contributed by atoms with Crippen molar-refractivity contribution in [2.45, 2.75) is 46.8 Å². The van der Waals surface area contributed by atoms with Crippen LogP contribution in [0.5, 0.6) is 5.75 Å². The monoisotopic (exact) mass is 443 g/mol. The summed E-state index contributed by atoms with van der Waals surface area (Å²) in [6.45, 7) is 9.25. The van der Waals surface area contributed by atoms with Gasteiger partial charge in [0.05, 0.1) is 6.54 Å². The van der Waals surface area contributed by atoms with Gasteiger partial charge in [-0.05, 0) is 54.7 Å². The molecule has 0 aliphatic heterocycles. The van der Waals surface area contributed by atoms with Gasteiger partial charge in [-0.2, -0.15) is 5.10 Å². The van der Waals surface area contributed by atoms with Crippen molar-refractivity contribution in [2.24, 2.45) is 0 Å². The van der Waals surface area contributed by atoms with Gasteiger partial charge in [-0.25, -0.2) is 0 Å². The summed E-state index contributed by atoms with van der Waals surface area (Å²) in [6, 6.07) is 19.7. The van der Waals surface area contributed by atoms with E-state index >= 15 is 0 Å². The topological polar surface area (TPSA) is 69.3 Å². The highest BCUT2D eigenvalue weighted by molar-refractivity contribution is 6.01. The minimum Gasteiger partial charge on any atom is -0.485 e. The van der Waals surface area contributed by atoms with E-state index in [2.05, 4.69) is 67.6 Å². The summed E-state index contributed by atoms with van der Waals surface area (Å²) in [5.74, 6) is 2.12. The molecular weight excluding hydrogens is 414 g/mol. The van der Waals surface area contributed by atoms with Crippen molar-refractivity contribution in [3.05, 3.63) is 101 Å². The molecule has 4 rings (SSSR count). The molecule has 0 fully saturated rings. The highest BCUT2D eigenvalue weighted by atomic mass is 16.5. The van der Waals surface area contributed by atoms with Crippen LogP contribution in [0.2, 0.25) is 0 Å². The van der Waals surface area contributed by atoms with Crippen LogP contribution in [0.25, 0.3) is 0 Å². The van der Waals surface area contributed by atoms with Crippen molar-refractivity contribution in [2.75, 3.05) is 5.32 Å². The fourth-order valence-electron chi connectivity index (χ4n) is 3.54. The largest absolute Gasteiger partial charge is 0.485 e. The third-order valence-electron chi connectivity index (χ3n) is 5.39. The van der Waals surface area contributed by atoms with Crippen LogP contribution in [0.1, 0.15) is 58.3 Å². The van der Waals surface area contributed by atoms with Crippen molar-refractivity contribution in [3.63, 3.8) is 0 Å². The lowest BCUT2D eigenvalue weighted by Crippen LogP contribution is -2.12. The van der Waals surface area contributed by atoms with Crippen molar-refractivity contribution >= 4 is 11.7 Å². The number of hydrogen-bond acceptors (Lipinski definition) is 4. The van der Waals surface area contributed by atoms with E-state index in [9.17, 15) is 4.79 Å². The fourth-order valence-corrected chi connectivity index (χ4v) is 3.54. The molecule has 0 unspecified atom stereocenters. The van der Waals surface area contributed by atoms with Crippen molar-refractivity contribution in [3.8, 4) is 5.75 Å². The first kappa shape index (κ1) is 22.4. The van der Waals surface area contributed by atoms with Crippen LogP contribution in [0.4, 0.5) is 5.82 Å². The molecule has 0 radical (unpaired) electrons. The molecule has 1 N–H and O–H groups in total. The lowest BCUT2D eigenvalue weighted by atomic mass is 10.0. The van der Waals surface area contributed by atoms with Gasteiger partial charge in [-0.15, -0.1) is 0 Å². The van der Waals surface area contributed by atoms with Crippen LogP contribution < -0.4 is 10.1 Å². The number of aromatic nitrogens is 2. The number of anilines is 1. The van der Waals surface area contributed by atoms with E-state index in [1.165, 1.54) is 5.56 Å². The normalized spacial score (nSPS) is 11.1. The van der Waals surface area contributed by atoms with Gasteiger partial charge < -0.3 is 14.5 Å². The lowest BCUT2D eigenvalue weighted by Gasteiger charge is -2.14. The molecule has 33 heavy (non-hydrogen) atoms. The Morgan fingerprint density at radius 3 is 2.55 bits per heavy atom. The number of aryl methyl sites for hydroxylation is 2. The van der Waals surface area contributed by atoms with Crippen LogP contribution in [-0.4, -0.2) is 15.7 Å². The second-order valence-corrected chi connectivity index (χ2v) is 8.59. The average Bonchev–Trinajstić information content (AvgIpc) is 3.43. The number of rotatable bonds is 8. The molecule has 1 amide bonds. The van der Waals surface area contributed by atoms with Gasteiger partial charge >= 0.3 is 0 Å². The summed E-state index contributed by atoms with van der Waals surface area (Å²) < 4.78 is 13.5. The average molecular weight is 444 g/mol. The number of benzene rings is 2. The van der Waals surface area contributed by atoms with E-state index in [4.69, 9.17) is 9.15 Å². The molecule has 170 valence electrons. The molecule has 0 aliphatic carbocycles. The molecule has 2 aromatic carbocycles. The van der Waals surface area contributed by atoms with Gasteiger partial charge in [0.2, 0.25) is 0 Å². The summed E-state index contributed by atoms with van der Waals surface area (Å²) in [6.07, 6.45) is 1.84. The number of carbonyl (C=O) groups is 1. The predicted molar refractivity (Wildman–Crippen MR) is 129 cm³/mol. The molecule has 2 heterocycles. The van der Waals surface area contributed by atoms with Gasteiger partial charge in [0, 0.05) is 12.3 Å². The Morgan fingerprint density at radius 1 is 1.03 bits per heavy atom. The number of nitrogens with one attached hydrogen (secondary N) is 1. The number of carbonyl (C=O) groups excluding carboxylic acids is 1. The number of hydrogen-bond donors (Lipinski definition) is 1. The van der Waals surface area contributed by atoms with Crippen molar-refractivity contribution < 1.29 is 13.9 Å². The van der Waals surface area contributed by atoms with Gasteiger partial charge in [0.1, 0.15) is 18.1 Å². The highest BCUT2D eigenvalue weighted by Gasteiger charge is 2.14. The highest BCUT2D eigenvalue weighted by Crippen LogP contribution is 2.28. The molecule has 0 atom stereocenters. The molecule has 6 nitrogen and oxygen atoms in total. The zero-order valence-electron chi connectivity index (χ0n) is 19.5. The van der Waals surface area contributed by atoms with E-state index < -0.39 is 0 Å². The first-order valence-corrected chi connectivity index (χ1v) is 11.1. The van der Waals surface area contributed by atoms with E-state index in [0.29, 0.717) is 24.0 Å². The standard InChI is InChI=1S/C27H29N3O3/c1-18(2)23-11-7-20(4)15-25(23)32-17-22-10-12-24(33-22)27(31)28-26-13-14-30(29-26)16-21-8-5-19(3)6-9-21/h5-15,18H,16-17H2,1-4H3,(H,28,29,31). The van der Waals surface area contributed by atoms with Crippen molar-refractivity contribution in [1.29, 1.82) is 0 Å². The summed E-state index contributed by atoms with van der Waals surface area (Å²) in [5.41, 5.74) is 4.64. The predicted octanol–water partition coefficient (Wildman–Crippen LogP) is 6.10. The molecule has 0 aliphatic rings. The Bertz CT molecular complexity index is 1240. The molecule has 2 aromatic heterocycles. The lowest BCUT2D eigenvalue weighted by molar-refractivity contribution is 0.0992. The Balaban J connectivity index is 1.35. The van der Waals surface area contributed by atoms with Crippen LogP contribution in [-0.2, 0) is 13.2 Å². The molecule has 0 saturated heterocycles. The molecule has 0 bridgehead atoms. The maximum Gasteiger partial charge on any atom is 0.292 e. The molecule has 6 heteroatoms. The number of amides is 1. The van der Waals surface area contributed by atoms with Crippen LogP contribution in [0.3, 0.4) is 0 Å². The Kier molecular flexibility index (Phi) is 6.63. The zero-order valence-corrected chi connectivity index (χ0v) is 19.5. The Hall–Kier alpha value is -3.80. The van der Waals surface area contributed by atoms with Gasteiger partial charge in [-0.1, -0.05) is 55.8 Å². The molecule has 4 aromatic rings. The van der Waals surface area contributed by atoms with Gasteiger partial charge in [0.25, 0.3) is 5.91 Å². The van der Waals surface area contributed by atoms with Crippen LogP contribution in [0, 0.1) is 13.8 Å². The van der Waals surface area contributed by atoms with Crippen LogP contribution >= 0.6 is 0 Å². The third kappa shape index (κ3) is 5.71. The van der Waals surface area contributed by atoms with Crippen LogP contribution in [0.15, 0.2) is 71.3 Å². The first-order chi connectivity index (χ1) is 15.9. The van der Waals surface area contributed by atoms with Crippen molar-refractivity contribution in [1.82, 2.24) is 9.78 Å². The second-order valence-electron chi connectivity index (χ2n) is 8.59. The third-order valence-corrected chi connectivity index (χ3v) is 5.39. The Morgan fingerprint density at radius 2 is 1.79 bits per heavy atom. The molecule has 0 spiro atoms. The smallest absolute Gasteiger partial charge is 0.292 e.